The second kappa shape index (κ2) is 6.80. The molecule has 132 valence electrons. The first-order valence-corrected chi connectivity index (χ1v) is 8.57. The fraction of sp³-hybridized carbons (Fsp3) is 0.421. The van der Waals surface area contributed by atoms with Gasteiger partial charge in [0.15, 0.2) is 0 Å². The minimum atomic E-state index is -0.199. The van der Waals surface area contributed by atoms with E-state index in [0.29, 0.717) is 17.3 Å². The number of aromatic nitrogens is 2. The molecule has 0 radical (unpaired) electrons. The summed E-state index contributed by atoms with van der Waals surface area (Å²) < 4.78 is 0. The van der Waals surface area contributed by atoms with E-state index < -0.39 is 0 Å². The number of carbonyl (C=O) groups is 1. The Labute approximate surface area is 148 Å². The number of piperazine rings is 1. The van der Waals surface area contributed by atoms with Gasteiger partial charge in [0.05, 0.1) is 5.56 Å². The van der Waals surface area contributed by atoms with Gasteiger partial charge in [-0.2, -0.15) is 0 Å². The topological polar surface area (TPSA) is 84.1 Å². The summed E-state index contributed by atoms with van der Waals surface area (Å²) in [5, 5.41) is 3.57. The lowest BCUT2D eigenvalue weighted by molar-refractivity contribution is 0.103. The molecular weight excluding hydrogens is 314 g/mol. The third kappa shape index (κ3) is 3.79. The Morgan fingerprint density at radius 1 is 1.28 bits per heavy atom. The highest BCUT2D eigenvalue weighted by atomic mass is 16.1. The lowest BCUT2D eigenvalue weighted by Gasteiger charge is -2.41. The summed E-state index contributed by atoms with van der Waals surface area (Å²) in [6.07, 6.45) is 1.57. The predicted molar refractivity (Wildman–Crippen MR) is 99.8 cm³/mol. The number of hydrogen-bond acceptors (Lipinski definition) is 6. The molecule has 0 aromatic carbocycles. The van der Waals surface area contributed by atoms with Crippen molar-refractivity contribution in [3.05, 3.63) is 47.8 Å². The first kappa shape index (κ1) is 17.4. The van der Waals surface area contributed by atoms with Gasteiger partial charge in [0.25, 0.3) is 0 Å². The van der Waals surface area contributed by atoms with Crippen LogP contribution in [-0.2, 0) is 0 Å². The van der Waals surface area contributed by atoms with Crippen LogP contribution in [0.25, 0.3) is 0 Å². The molecule has 2 aromatic rings. The van der Waals surface area contributed by atoms with Crippen molar-refractivity contribution in [2.24, 2.45) is 5.41 Å². The van der Waals surface area contributed by atoms with Crippen LogP contribution in [0, 0.1) is 5.41 Å². The van der Waals surface area contributed by atoms with E-state index in [-0.39, 0.29) is 17.0 Å². The van der Waals surface area contributed by atoms with E-state index in [1.54, 1.807) is 24.4 Å². The van der Waals surface area contributed by atoms with Gasteiger partial charge in [0, 0.05) is 31.9 Å². The van der Waals surface area contributed by atoms with Crippen LogP contribution in [0.5, 0.6) is 0 Å². The van der Waals surface area contributed by atoms with Crippen molar-refractivity contribution in [3.63, 3.8) is 0 Å². The van der Waals surface area contributed by atoms with Gasteiger partial charge in [0.2, 0.25) is 5.78 Å². The lowest BCUT2D eigenvalue weighted by atomic mass is 9.85. The fourth-order valence-corrected chi connectivity index (χ4v) is 3.01. The third-order valence-corrected chi connectivity index (χ3v) is 4.59. The van der Waals surface area contributed by atoms with Crippen LogP contribution in [0.2, 0.25) is 0 Å². The first-order valence-electron chi connectivity index (χ1n) is 8.57. The highest BCUT2D eigenvalue weighted by Gasteiger charge is 2.30. The molecule has 0 spiro atoms. The molecule has 1 aliphatic rings. The molecule has 0 bridgehead atoms. The van der Waals surface area contributed by atoms with E-state index >= 15 is 0 Å². The monoisotopic (exact) mass is 339 g/mol. The molecule has 1 fully saturated rings. The van der Waals surface area contributed by atoms with Crippen molar-refractivity contribution in [1.82, 2.24) is 15.3 Å². The van der Waals surface area contributed by atoms with Crippen molar-refractivity contribution < 1.29 is 4.79 Å². The molecule has 2 aromatic heterocycles. The highest BCUT2D eigenvalue weighted by Crippen LogP contribution is 2.24. The van der Waals surface area contributed by atoms with E-state index in [2.05, 4.69) is 41.0 Å². The third-order valence-electron chi connectivity index (χ3n) is 4.59. The SMILES string of the molecule is CC(C)(C)[C@H]1CN(c2cccc(C(=O)c3cccnc3N)n2)CCN1. The number of nitrogens with zero attached hydrogens (tertiary/aromatic N) is 3. The molecular formula is C19H25N5O. The van der Waals surface area contributed by atoms with Crippen molar-refractivity contribution in [2.45, 2.75) is 26.8 Å². The standard InChI is InChI=1S/C19H25N5O/c1-19(2,3)15-12-24(11-10-21-15)16-8-4-7-14(23-16)17(25)13-6-5-9-22-18(13)20/h4-9,15,21H,10-12H2,1-3H3,(H2,20,22)/t15-/m1/s1. The number of nitrogens with two attached hydrogens (primary N) is 1. The maximum atomic E-state index is 12.7. The summed E-state index contributed by atoms with van der Waals surface area (Å²) >= 11 is 0. The molecule has 3 heterocycles. The number of hydrogen-bond donors (Lipinski definition) is 2. The molecule has 0 saturated carbocycles. The Morgan fingerprint density at radius 2 is 2.08 bits per heavy atom. The average molecular weight is 339 g/mol. The predicted octanol–water partition coefficient (Wildman–Crippen LogP) is 2.11. The molecule has 6 nitrogen and oxygen atoms in total. The highest BCUT2D eigenvalue weighted by molar-refractivity contribution is 6.10. The van der Waals surface area contributed by atoms with Crippen LogP contribution in [0.1, 0.15) is 36.8 Å². The van der Waals surface area contributed by atoms with Crippen LogP contribution in [-0.4, -0.2) is 41.4 Å². The van der Waals surface area contributed by atoms with Crippen molar-refractivity contribution in [2.75, 3.05) is 30.3 Å². The molecule has 6 heteroatoms. The summed E-state index contributed by atoms with van der Waals surface area (Å²) in [4.78, 5) is 23.5. The minimum absolute atomic E-state index is 0.163. The molecule has 0 aliphatic carbocycles. The molecule has 3 N–H and O–H groups in total. The second-order valence-electron chi connectivity index (χ2n) is 7.47. The number of pyridine rings is 2. The Kier molecular flexibility index (Phi) is 4.72. The quantitative estimate of drug-likeness (QED) is 0.833. The number of nitrogen functional groups attached to an aromatic ring is 1. The minimum Gasteiger partial charge on any atom is -0.383 e. The molecule has 0 unspecified atom stereocenters. The maximum absolute atomic E-state index is 12.7. The van der Waals surface area contributed by atoms with E-state index in [0.717, 1.165) is 25.5 Å². The van der Waals surface area contributed by atoms with Crippen LogP contribution >= 0.6 is 0 Å². The molecule has 0 amide bonds. The number of rotatable bonds is 3. The van der Waals surface area contributed by atoms with Gasteiger partial charge in [0.1, 0.15) is 17.3 Å². The molecule has 3 rings (SSSR count). The van der Waals surface area contributed by atoms with E-state index in [1.165, 1.54) is 0 Å². The first-order chi connectivity index (χ1) is 11.9. The maximum Gasteiger partial charge on any atom is 0.215 e. The molecule has 25 heavy (non-hydrogen) atoms. The smallest absolute Gasteiger partial charge is 0.215 e. The lowest BCUT2D eigenvalue weighted by Crippen LogP contribution is -2.56. The van der Waals surface area contributed by atoms with Gasteiger partial charge in [-0.25, -0.2) is 9.97 Å². The Bertz CT molecular complexity index is 768. The van der Waals surface area contributed by atoms with Gasteiger partial charge in [-0.1, -0.05) is 26.8 Å². The van der Waals surface area contributed by atoms with Crippen molar-refractivity contribution >= 4 is 17.4 Å². The second-order valence-corrected chi connectivity index (χ2v) is 7.47. The van der Waals surface area contributed by atoms with E-state index in [4.69, 9.17) is 5.73 Å². The van der Waals surface area contributed by atoms with Gasteiger partial charge in [-0.3, -0.25) is 4.79 Å². The Morgan fingerprint density at radius 3 is 2.80 bits per heavy atom. The molecule has 1 aliphatic heterocycles. The Hall–Kier alpha value is -2.47. The van der Waals surface area contributed by atoms with Crippen LogP contribution in [0.4, 0.5) is 11.6 Å². The zero-order valence-corrected chi connectivity index (χ0v) is 15.0. The summed E-state index contributed by atoms with van der Waals surface area (Å²) in [6.45, 7) is 9.32. The Balaban J connectivity index is 1.84. The summed E-state index contributed by atoms with van der Waals surface area (Å²) in [5.74, 6) is 0.855. The number of nitrogens with one attached hydrogen (secondary N) is 1. The number of carbonyl (C=O) groups excluding carboxylic acids is 1. The van der Waals surface area contributed by atoms with E-state index in [9.17, 15) is 4.79 Å². The van der Waals surface area contributed by atoms with Gasteiger partial charge in [-0.05, 0) is 29.7 Å². The van der Waals surface area contributed by atoms with Crippen LogP contribution < -0.4 is 16.0 Å². The van der Waals surface area contributed by atoms with Crippen molar-refractivity contribution in [1.29, 1.82) is 0 Å². The van der Waals surface area contributed by atoms with Gasteiger partial charge >= 0.3 is 0 Å². The summed E-state index contributed by atoms with van der Waals surface area (Å²) in [6, 6.07) is 9.31. The van der Waals surface area contributed by atoms with Gasteiger partial charge in [-0.15, -0.1) is 0 Å². The number of ketones is 1. The average Bonchev–Trinajstić information content (AvgIpc) is 2.61. The largest absolute Gasteiger partial charge is 0.383 e. The van der Waals surface area contributed by atoms with Crippen molar-refractivity contribution in [3.8, 4) is 0 Å². The zero-order valence-electron chi connectivity index (χ0n) is 15.0. The van der Waals surface area contributed by atoms with Crippen LogP contribution in [0.3, 0.4) is 0 Å². The van der Waals surface area contributed by atoms with E-state index in [1.807, 2.05) is 12.1 Å². The fourth-order valence-electron chi connectivity index (χ4n) is 3.01. The van der Waals surface area contributed by atoms with Gasteiger partial charge < -0.3 is 16.0 Å². The normalized spacial score (nSPS) is 18.2. The zero-order chi connectivity index (χ0) is 18.0. The molecule has 1 atom stereocenters. The summed E-state index contributed by atoms with van der Waals surface area (Å²) in [5.41, 5.74) is 6.77. The summed E-state index contributed by atoms with van der Waals surface area (Å²) in [7, 11) is 0. The molecule has 1 saturated heterocycles. The number of anilines is 2. The van der Waals surface area contributed by atoms with Crippen LogP contribution in [0.15, 0.2) is 36.5 Å².